The van der Waals surface area contributed by atoms with Gasteiger partial charge in [0.05, 0.1) is 37.5 Å². The molecule has 2 aromatic carbocycles. The maximum atomic E-state index is 13.0. The molecule has 0 fully saturated rings. The topological polar surface area (TPSA) is 93.0 Å². The third-order valence-corrected chi connectivity index (χ3v) is 4.76. The summed E-state index contributed by atoms with van der Waals surface area (Å²) in [5.74, 6) is -1.14. The number of hydrogen-bond donors (Lipinski definition) is 2. The number of nitrogens with zero attached hydrogens (tertiary/aromatic N) is 3. The summed E-state index contributed by atoms with van der Waals surface area (Å²) in [6.45, 7) is 0. The van der Waals surface area contributed by atoms with Crippen LogP contribution in [0.3, 0.4) is 0 Å². The van der Waals surface area contributed by atoms with Gasteiger partial charge in [0.15, 0.2) is 0 Å². The van der Waals surface area contributed by atoms with Gasteiger partial charge in [-0.05, 0) is 36.4 Å². The Morgan fingerprint density at radius 2 is 1.18 bits per heavy atom. The van der Waals surface area contributed by atoms with E-state index in [0.29, 0.717) is 24.3 Å². The van der Waals surface area contributed by atoms with Gasteiger partial charge in [0.1, 0.15) is 6.33 Å². The molecule has 7 nitrogen and oxygen atoms in total. The Labute approximate surface area is 190 Å². The van der Waals surface area contributed by atoms with Crippen LogP contribution in [-0.4, -0.2) is 14.9 Å². The summed E-state index contributed by atoms with van der Waals surface area (Å²) in [4.78, 5) is 18.0. The van der Waals surface area contributed by atoms with E-state index in [0.717, 1.165) is 18.5 Å². The van der Waals surface area contributed by atoms with Crippen LogP contribution in [0.1, 0.15) is 11.1 Å². The summed E-state index contributed by atoms with van der Waals surface area (Å²) >= 11 is 11.8. The highest BCUT2D eigenvalue weighted by Crippen LogP contribution is 2.40. The SMILES string of the molecule is O=[N+]([O-])c1c(Nc2cc(C(F)(F)F)ccc2Cl)ncnc1Nc1cc(C(F)(F)F)ccc1Cl. The molecule has 0 aliphatic heterocycles. The molecule has 0 saturated heterocycles. The highest BCUT2D eigenvalue weighted by Gasteiger charge is 2.33. The van der Waals surface area contributed by atoms with E-state index in [-0.39, 0.29) is 21.4 Å². The summed E-state index contributed by atoms with van der Waals surface area (Å²) in [6.07, 6.45) is -8.63. The number of halogens is 8. The van der Waals surface area contributed by atoms with Gasteiger partial charge in [-0.2, -0.15) is 26.3 Å². The van der Waals surface area contributed by atoms with E-state index in [1.54, 1.807) is 0 Å². The molecule has 0 saturated carbocycles. The molecular formula is C18H9Cl2F6N5O2. The maximum absolute atomic E-state index is 13.0. The number of anilines is 4. The third kappa shape index (κ3) is 5.54. The Morgan fingerprint density at radius 3 is 1.52 bits per heavy atom. The van der Waals surface area contributed by atoms with Crippen molar-refractivity contribution in [2.75, 3.05) is 10.6 Å². The molecule has 3 rings (SSSR count). The minimum atomic E-state index is -4.72. The van der Waals surface area contributed by atoms with E-state index in [1.807, 2.05) is 0 Å². The largest absolute Gasteiger partial charge is 0.416 e. The van der Waals surface area contributed by atoms with Crippen molar-refractivity contribution < 1.29 is 31.3 Å². The lowest BCUT2D eigenvalue weighted by molar-refractivity contribution is -0.383. The summed E-state index contributed by atoms with van der Waals surface area (Å²) in [6, 6.07) is 4.52. The molecule has 0 amide bonds. The Balaban J connectivity index is 2.05. The van der Waals surface area contributed by atoms with E-state index in [4.69, 9.17) is 23.2 Å². The minimum Gasteiger partial charge on any atom is -0.333 e. The molecule has 0 spiro atoms. The smallest absolute Gasteiger partial charge is 0.333 e. The van der Waals surface area contributed by atoms with Crippen molar-refractivity contribution in [2.45, 2.75) is 12.4 Å². The van der Waals surface area contributed by atoms with E-state index in [1.165, 1.54) is 0 Å². The van der Waals surface area contributed by atoms with Crippen LogP contribution in [0.2, 0.25) is 10.0 Å². The Morgan fingerprint density at radius 1 is 0.788 bits per heavy atom. The first-order valence-corrected chi connectivity index (χ1v) is 9.30. The Hall–Kier alpha value is -3.32. The predicted octanol–water partition coefficient (Wildman–Crippen LogP) is 7.22. The van der Waals surface area contributed by atoms with Crippen LogP contribution in [0, 0.1) is 10.1 Å². The molecule has 174 valence electrons. The zero-order valence-electron chi connectivity index (χ0n) is 15.7. The number of aromatic nitrogens is 2. The molecule has 1 heterocycles. The second kappa shape index (κ2) is 8.90. The second-order valence-corrected chi connectivity index (χ2v) is 7.13. The number of benzene rings is 2. The zero-order chi connectivity index (χ0) is 24.6. The van der Waals surface area contributed by atoms with Crippen molar-refractivity contribution in [3.8, 4) is 0 Å². The van der Waals surface area contributed by atoms with Gasteiger partial charge in [0.25, 0.3) is 0 Å². The molecular weight excluding hydrogens is 503 g/mol. The molecule has 1 aromatic heterocycles. The molecule has 0 radical (unpaired) electrons. The van der Waals surface area contributed by atoms with Crippen molar-refractivity contribution >= 4 is 51.9 Å². The molecule has 3 aromatic rings. The van der Waals surface area contributed by atoms with Crippen molar-refractivity contribution in [2.24, 2.45) is 0 Å². The average Bonchev–Trinajstić information content (AvgIpc) is 2.69. The number of nitro groups is 1. The predicted molar refractivity (Wildman–Crippen MR) is 108 cm³/mol. The zero-order valence-corrected chi connectivity index (χ0v) is 17.2. The van der Waals surface area contributed by atoms with Crippen LogP contribution < -0.4 is 10.6 Å². The number of rotatable bonds is 5. The molecule has 0 aliphatic rings. The molecule has 0 bridgehead atoms. The summed E-state index contributed by atoms with van der Waals surface area (Å²) < 4.78 is 78.0. The standard InChI is InChI=1S/C18H9Cl2F6N5O2/c19-10-3-1-8(17(21,22)23)5-12(10)29-15-14(31(32)33)16(28-7-27-15)30-13-6-9(18(24,25)26)2-4-11(13)20/h1-7H,(H2,27,28,29,30). The molecule has 0 aliphatic carbocycles. The summed E-state index contributed by atoms with van der Waals surface area (Å²) in [7, 11) is 0. The fraction of sp³-hybridized carbons (Fsp3) is 0.111. The van der Waals surface area contributed by atoms with E-state index in [2.05, 4.69) is 20.6 Å². The number of hydrogen-bond acceptors (Lipinski definition) is 6. The summed E-state index contributed by atoms with van der Waals surface area (Å²) in [5, 5.41) is 15.9. The number of nitrogens with one attached hydrogen (secondary N) is 2. The highest BCUT2D eigenvalue weighted by atomic mass is 35.5. The van der Waals surface area contributed by atoms with Crippen molar-refractivity contribution in [1.29, 1.82) is 0 Å². The second-order valence-electron chi connectivity index (χ2n) is 6.31. The quantitative estimate of drug-likeness (QED) is 0.213. The van der Waals surface area contributed by atoms with Crippen molar-refractivity contribution in [3.63, 3.8) is 0 Å². The molecule has 0 atom stereocenters. The van der Waals surface area contributed by atoms with Gasteiger partial charge < -0.3 is 10.6 Å². The Kier molecular flexibility index (Phi) is 6.56. The molecule has 33 heavy (non-hydrogen) atoms. The van der Waals surface area contributed by atoms with Crippen LogP contribution in [0.4, 0.5) is 55.0 Å². The van der Waals surface area contributed by atoms with Crippen LogP contribution in [-0.2, 0) is 12.4 Å². The average molecular weight is 512 g/mol. The monoisotopic (exact) mass is 511 g/mol. The summed E-state index contributed by atoms with van der Waals surface area (Å²) in [5.41, 5.74) is -3.74. The molecule has 15 heteroatoms. The van der Waals surface area contributed by atoms with E-state index >= 15 is 0 Å². The maximum Gasteiger partial charge on any atom is 0.416 e. The van der Waals surface area contributed by atoms with E-state index in [9.17, 15) is 36.5 Å². The van der Waals surface area contributed by atoms with Crippen LogP contribution in [0.15, 0.2) is 42.7 Å². The molecule has 0 unspecified atom stereocenters. The van der Waals surface area contributed by atoms with Gasteiger partial charge in [0, 0.05) is 0 Å². The van der Waals surface area contributed by atoms with Gasteiger partial charge >= 0.3 is 18.0 Å². The van der Waals surface area contributed by atoms with Crippen LogP contribution in [0.5, 0.6) is 0 Å². The van der Waals surface area contributed by atoms with Gasteiger partial charge in [-0.3, -0.25) is 10.1 Å². The lowest BCUT2D eigenvalue weighted by atomic mass is 10.2. The first-order valence-electron chi connectivity index (χ1n) is 8.54. The Bertz CT molecular complexity index is 1140. The van der Waals surface area contributed by atoms with Crippen molar-refractivity contribution in [1.82, 2.24) is 9.97 Å². The third-order valence-electron chi connectivity index (χ3n) is 4.10. The van der Waals surface area contributed by atoms with Crippen LogP contribution in [0.25, 0.3) is 0 Å². The van der Waals surface area contributed by atoms with Crippen molar-refractivity contribution in [3.05, 3.63) is 74.0 Å². The number of alkyl halides is 6. The van der Waals surface area contributed by atoms with Gasteiger partial charge in [-0.15, -0.1) is 0 Å². The van der Waals surface area contributed by atoms with Gasteiger partial charge in [-0.1, -0.05) is 23.2 Å². The lowest BCUT2D eigenvalue weighted by Crippen LogP contribution is -2.09. The highest BCUT2D eigenvalue weighted by molar-refractivity contribution is 6.33. The normalized spacial score (nSPS) is 11.9. The lowest BCUT2D eigenvalue weighted by Gasteiger charge is -2.14. The fourth-order valence-corrected chi connectivity index (χ4v) is 2.91. The first kappa shape index (κ1) is 24.3. The first-order chi connectivity index (χ1) is 15.3. The van der Waals surface area contributed by atoms with Gasteiger partial charge in [-0.25, -0.2) is 9.97 Å². The minimum absolute atomic E-state index is 0.202. The van der Waals surface area contributed by atoms with Gasteiger partial charge in [0.2, 0.25) is 11.6 Å². The van der Waals surface area contributed by atoms with Crippen LogP contribution >= 0.6 is 23.2 Å². The fourth-order valence-electron chi connectivity index (χ4n) is 2.58. The van der Waals surface area contributed by atoms with E-state index < -0.39 is 45.7 Å². The molecule has 2 N–H and O–H groups in total.